The van der Waals surface area contributed by atoms with Crippen LogP contribution in [0.15, 0.2) is 78.4 Å². The van der Waals surface area contributed by atoms with E-state index >= 15 is 0 Å². The number of benzene rings is 2. The maximum Gasteiger partial charge on any atom is 0.263 e. The van der Waals surface area contributed by atoms with E-state index in [-0.39, 0.29) is 11.6 Å². The summed E-state index contributed by atoms with van der Waals surface area (Å²) in [6.45, 7) is 1.92. The molecule has 0 aliphatic rings. The summed E-state index contributed by atoms with van der Waals surface area (Å²) in [7, 11) is 1.83. The van der Waals surface area contributed by atoms with Crippen molar-refractivity contribution in [3.63, 3.8) is 0 Å². The summed E-state index contributed by atoms with van der Waals surface area (Å²) in [6.07, 6.45) is 6.57. The van der Waals surface area contributed by atoms with Crippen LogP contribution in [0.4, 0.5) is 10.2 Å². The van der Waals surface area contributed by atoms with E-state index in [9.17, 15) is 9.18 Å². The summed E-state index contributed by atoms with van der Waals surface area (Å²) < 4.78 is 17.5. The molecule has 2 N–H and O–H groups in total. The summed E-state index contributed by atoms with van der Waals surface area (Å²) in [5.74, 6) is 0.119. The highest BCUT2D eigenvalue weighted by Gasteiger charge is 2.20. The van der Waals surface area contributed by atoms with Crippen molar-refractivity contribution in [1.29, 1.82) is 0 Å². The van der Waals surface area contributed by atoms with E-state index < -0.39 is 5.82 Å². The van der Waals surface area contributed by atoms with Gasteiger partial charge in [-0.3, -0.25) is 14.0 Å². The Bertz CT molecular complexity index is 1800. The molecule has 178 valence electrons. The summed E-state index contributed by atoms with van der Waals surface area (Å²) >= 11 is 0. The van der Waals surface area contributed by atoms with Gasteiger partial charge in [0.1, 0.15) is 17.7 Å². The van der Waals surface area contributed by atoms with Crippen LogP contribution in [0.25, 0.3) is 38.8 Å². The number of anilines is 1. The lowest BCUT2D eigenvalue weighted by Crippen LogP contribution is -2.26. The van der Waals surface area contributed by atoms with E-state index in [1.807, 2.05) is 44.4 Å². The Balaban J connectivity index is 1.59. The van der Waals surface area contributed by atoms with Gasteiger partial charge >= 0.3 is 0 Å². The highest BCUT2D eigenvalue weighted by Crippen LogP contribution is 2.30. The van der Waals surface area contributed by atoms with Gasteiger partial charge in [0.25, 0.3) is 5.56 Å². The van der Waals surface area contributed by atoms with Crippen molar-refractivity contribution >= 4 is 27.8 Å². The number of aryl methyl sites for hydroxylation is 1. The molecule has 0 spiro atoms. The highest BCUT2D eigenvalue weighted by atomic mass is 19.1. The van der Waals surface area contributed by atoms with E-state index in [1.54, 1.807) is 33.9 Å². The first-order valence-electron chi connectivity index (χ1n) is 11.3. The smallest absolute Gasteiger partial charge is 0.263 e. The highest BCUT2D eigenvalue weighted by molar-refractivity contribution is 5.96. The summed E-state index contributed by atoms with van der Waals surface area (Å²) in [6, 6.07) is 13.3. The molecule has 6 aromatic rings. The van der Waals surface area contributed by atoms with Crippen LogP contribution in [-0.4, -0.2) is 34.3 Å². The lowest BCUT2D eigenvalue weighted by molar-refractivity contribution is 0.625. The van der Waals surface area contributed by atoms with Gasteiger partial charge in [-0.1, -0.05) is 24.3 Å². The maximum atomic E-state index is 14.3. The zero-order chi connectivity index (χ0) is 24.8. The molecule has 36 heavy (non-hydrogen) atoms. The van der Waals surface area contributed by atoms with Crippen LogP contribution >= 0.6 is 0 Å². The Morgan fingerprint density at radius 2 is 1.94 bits per heavy atom. The molecule has 4 aromatic heterocycles. The van der Waals surface area contributed by atoms with Gasteiger partial charge in [0.05, 0.1) is 29.6 Å². The molecule has 0 bridgehead atoms. The standard InChI is InChI=1S/C26H21FN8O/c1-15(33-25-23-24(29-13-28-23)30-14-31-25)21-9-16-5-3-8-20(17-11-32-34(2)12-17)22(16)26(36)35(21)19-7-4-6-18(27)10-19/h3-15H,1-2H3,(H2,28,29,30,31,33)/t15-/m1/s1. The molecule has 9 nitrogen and oxygen atoms in total. The molecule has 2 aromatic carbocycles. The number of nitrogens with one attached hydrogen (secondary N) is 2. The second-order valence-electron chi connectivity index (χ2n) is 8.55. The molecule has 0 amide bonds. The Hall–Kier alpha value is -4.86. The van der Waals surface area contributed by atoms with Crippen molar-refractivity contribution in [3.8, 4) is 16.8 Å². The van der Waals surface area contributed by atoms with Gasteiger partial charge < -0.3 is 10.3 Å². The quantitative estimate of drug-likeness (QED) is 0.380. The Labute approximate surface area is 204 Å². The van der Waals surface area contributed by atoms with Crippen LogP contribution in [-0.2, 0) is 7.05 Å². The number of aromatic amines is 1. The maximum absolute atomic E-state index is 14.3. The zero-order valence-electron chi connectivity index (χ0n) is 19.5. The van der Waals surface area contributed by atoms with E-state index in [4.69, 9.17) is 0 Å². The molecule has 1 atom stereocenters. The minimum atomic E-state index is -0.429. The molecule has 0 unspecified atom stereocenters. The molecule has 0 aliphatic carbocycles. The predicted octanol–water partition coefficient (Wildman–Crippen LogP) is 4.37. The first kappa shape index (κ1) is 21.7. The molecular weight excluding hydrogens is 459 g/mol. The fourth-order valence-electron chi connectivity index (χ4n) is 4.54. The number of aromatic nitrogens is 7. The van der Waals surface area contributed by atoms with E-state index in [0.29, 0.717) is 33.7 Å². The number of rotatable bonds is 5. The third-order valence-electron chi connectivity index (χ3n) is 6.18. The number of hydrogen-bond acceptors (Lipinski definition) is 6. The van der Waals surface area contributed by atoms with E-state index in [1.165, 1.54) is 18.5 Å². The van der Waals surface area contributed by atoms with Crippen LogP contribution in [0.1, 0.15) is 18.7 Å². The summed E-state index contributed by atoms with van der Waals surface area (Å²) in [5.41, 5.74) is 3.60. The molecular formula is C26H21FN8O. The second-order valence-corrected chi connectivity index (χ2v) is 8.55. The van der Waals surface area contributed by atoms with Crippen LogP contribution in [0.2, 0.25) is 0 Å². The van der Waals surface area contributed by atoms with Gasteiger partial charge in [-0.2, -0.15) is 5.10 Å². The second kappa shape index (κ2) is 8.42. The van der Waals surface area contributed by atoms with Gasteiger partial charge in [-0.15, -0.1) is 0 Å². The first-order chi connectivity index (χ1) is 17.5. The average Bonchev–Trinajstić information content (AvgIpc) is 3.53. The Kier molecular flexibility index (Phi) is 5.06. The fraction of sp³-hybridized carbons (Fsp3) is 0.115. The Morgan fingerprint density at radius 1 is 1.08 bits per heavy atom. The monoisotopic (exact) mass is 480 g/mol. The molecule has 0 saturated carbocycles. The SMILES string of the molecule is C[C@@H](Nc1ncnc2nc[nH]c12)c1cc2cccc(-c3cnn(C)c3)c2c(=O)n1-c1cccc(F)c1. The van der Waals surface area contributed by atoms with Gasteiger partial charge in [0.15, 0.2) is 11.5 Å². The number of nitrogens with zero attached hydrogens (tertiary/aromatic N) is 6. The molecule has 4 heterocycles. The van der Waals surface area contributed by atoms with Crippen molar-refractivity contribution < 1.29 is 4.39 Å². The van der Waals surface area contributed by atoms with Gasteiger partial charge in [0, 0.05) is 24.5 Å². The van der Waals surface area contributed by atoms with Gasteiger partial charge in [-0.25, -0.2) is 19.3 Å². The average molecular weight is 481 g/mol. The number of pyridine rings is 1. The van der Waals surface area contributed by atoms with Gasteiger partial charge in [0.2, 0.25) is 0 Å². The van der Waals surface area contributed by atoms with Crippen molar-refractivity contribution in [3.05, 3.63) is 95.4 Å². The largest absolute Gasteiger partial charge is 0.360 e. The molecule has 0 aliphatic heterocycles. The van der Waals surface area contributed by atoms with Crippen molar-refractivity contribution in [2.75, 3.05) is 5.32 Å². The number of H-pyrrole nitrogens is 1. The van der Waals surface area contributed by atoms with Crippen LogP contribution < -0.4 is 10.9 Å². The Morgan fingerprint density at radius 3 is 2.75 bits per heavy atom. The number of imidazole rings is 1. The molecule has 10 heteroatoms. The third kappa shape index (κ3) is 3.59. The fourth-order valence-corrected chi connectivity index (χ4v) is 4.54. The third-order valence-corrected chi connectivity index (χ3v) is 6.18. The topological polar surface area (TPSA) is 106 Å². The number of hydrogen-bond donors (Lipinski definition) is 2. The van der Waals surface area contributed by atoms with Crippen molar-refractivity contribution in [2.45, 2.75) is 13.0 Å². The lowest BCUT2D eigenvalue weighted by Gasteiger charge is -2.22. The minimum Gasteiger partial charge on any atom is -0.360 e. The predicted molar refractivity (Wildman–Crippen MR) is 135 cm³/mol. The molecule has 6 rings (SSSR count). The van der Waals surface area contributed by atoms with Gasteiger partial charge in [-0.05, 0) is 42.1 Å². The van der Waals surface area contributed by atoms with Crippen LogP contribution in [0, 0.1) is 5.82 Å². The van der Waals surface area contributed by atoms with Crippen molar-refractivity contribution in [1.82, 2.24) is 34.3 Å². The molecule has 0 saturated heterocycles. The summed E-state index contributed by atoms with van der Waals surface area (Å²) in [4.78, 5) is 29.9. The van der Waals surface area contributed by atoms with Crippen molar-refractivity contribution in [2.24, 2.45) is 7.05 Å². The first-order valence-corrected chi connectivity index (χ1v) is 11.3. The molecule has 0 radical (unpaired) electrons. The minimum absolute atomic E-state index is 0.254. The number of halogens is 1. The normalized spacial score (nSPS) is 12.3. The molecule has 0 fully saturated rings. The summed E-state index contributed by atoms with van der Waals surface area (Å²) in [5, 5.41) is 8.93. The van der Waals surface area contributed by atoms with E-state index in [2.05, 4.69) is 30.4 Å². The van der Waals surface area contributed by atoms with Crippen LogP contribution in [0.5, 0.6) is 0 Å². The van der Waals surface area contributed by atoms with E-state index in [0.717, 1.165) is 16.5 Å². The lowest BCUT2D eigenvalue weighted by atomic mass is 9.99. The zero-order valence-corrected chi connectivity index (χ0v) is 19.5. The number of fused-ring (bicyclic) bond motifs is 2. The van der Waals surface area contributed by atoms with Crippen LogP contribution in [0.3, 0.4) is 0 Å².